The predicted molar refractivity (Wildman–Crippen MR) is 116 cm³/mol. The van der Waals surface area contributed by atoms with E-state index in [9.17, 15) is 4.79 Å². The van der Waals surface area contributed by atoms with Crippen LogP contribution < -0.4 is 5.32 Å². The number of rotatable bonds is 4. The fourth-order valence-corrected chi connectivity index (χ4v) is 3.86. The summed E-state index contributed by atoms with van der Waals surface area (Å²) in [7, 11) is 0. The molecule has 2 heteroatoms. The number of para-hydroxylation sites is 1. The van der Waals surface area contributed by atoms with Crippen LogP contribution >= 0.6 is 0 Å². The van der Waals surface area contributed by atoms with Gasteiger partial charge in [0.05, 0.1) is 0 Å². The normalized spacial score (nSPS) is 18.4. The summed E-state index contributed by atoms with van der Waals surface area (Å²) < 4.78 is 0. The Hall–Kier alpha value is -3.39. The Balaban J connectivity index is 1.77. The highest BCUT2D eigenvalue weighted by molar-refractivity contribution is 6.11. The fraction of sp³-hybridized carbons (Fsp3) is 0.115. The molecule has 0 saturated heterocycles. The van der Waals surface area contributed by atoms with Gasteiger partial charge in [0.1, 0.15) is 0 Å². The Kier molecular flexibility index (Phi) is 5.20. The number of nitrogens with one attached hydrogen (secondary N) is 1. The summed E-state index contributed by atoms with van der Waals surface area (Å²) in [4.78, 5) is 13.2. The molecule has 3 aromatic carbocycles. The van der Waals surface area contributed by atoms with Crippen molar-refractivity contribution in [1.82, 2.24) is 0 Å². The number of anilines is 1. The topological polar surface area (TPSA) is 29.1 Å². The molecular formula is C26H23NO. The van der Waals surface area contributed by atoms with E-state index in [-0.39, 0.29) is 11.7 Å². The zero-order valence-electron chi connectivity index (χ0n) is 15.9. The maximum atomic E-state index is 13.2. The molecule has 0 amide bonds. The van der Waals surface area contributed by atoms with E-state index < -0.39 is 0 Å². The van der Waals surface area contributed by atoms with Gasteiger partial charge in [-0.05, 0) is 48.3 Å². The van der Waals surface area contributed by atoms with Crippen molar-refractivity contribution in [2.75, 3.05) is 5.32 Å². The third-order valence-corrected chi connectivity index (χ3v) is 5.20. The second-order valence-electron chi connectivity index (χ2n) is 7.10. The number of carbonyl (C=O) groups excluding carboxylic acids is 1. The molecule has 28 heavy (non-hydrogen) atoms. The van der Waals surface area contributed by atoms with Gasteiger partial charge >= 0.3 is 0 Å². The van der Waals surface area contributed by atoms with Gasteiger partial charge in [0, 0.05) is 22.9 Å². The van der Waals surface area contributed by atoms with E-state index in [1.807, 2.05) is 73.7 Å². The highest BCUT2D eigenvalue weighted by Gasteiger charge is 2.30. The molecule has 3 aromatic rings. The lowest BCUT2D eigenvalue weighted by atomic mass is 9.76. The Bertz CT molecular complexity index is 1020. The van der Waals surface area contributed by atoms with E-state index in [2.05, 4.69) is 29.6 Å². The maximum absolute atomic E-state index is 13.2. The number of benzene rings is 3. The first kappa shape index (κ1) is 18.0. The molecule has 0 heterocycles. The molecule has 0 fully saturated rings. The molecule has 0 aliphatic heterocycles. The molecule has 2 nitrogen and oxygen atoms in total. The summed E-state index contributed by atoms with van der Waals surface area (Å²) >= 11 is 0. The number of ketones is 1. The summed E-state index contributed by atoms with van der Waals surface area (Å²) in [6, 6.07) is 30.5. The minimum atomic E-state index is 0.0325. The van der Waals surface area contributed by atoms with Gasteiger partial charge in [0.2, 0.25) is 0 Å². The second-order valence-corrected chi connectivity index (χ2v) is 7.10. The largest absolute Gasteiger partial charge is 0.359 e. The molecule has 1 aliphatic carbocycles. The second kappa shape index (κ2) is 8.10. The quantitative estimate of drug-likeness (QED) is 0.557. The fourth-order valence-electron chi connectivity index (χ4n) is 3.86. The molecule has 0 radical (unpaired) electrons. The van der Waals surface area contributed by atoms with Crippen LogP contribution in [0.15, 0.2) is 108 Å². The zero-order chi connectivity index (χ0) is 19.3. The highest BCUT2D eigenvalue weighted by atomic mass is 16.1. The van der Waals surface area contributed by atoms with Gasteiger partial charge in [-0.1, -0.05) is 78.9 Å². The Morgan fingerprint density at radius 1 is 0.821 bits per heavy atom. The number of hydrogen-bond acceptors (Lipinski definition) is 2. The van der Waals surface area contributed by atoms with E-state index in [1.54, 1.807) is 6.08 Å². The van der Waals surface area contributed by atoms with E-state index in [0.29, 0.717) is 0 Å². The molecule has 1 atom stereocenters. The smallest absolute Gasteiger partial charge is 0.184 e. The highest BCUT2D eigenvalue weighted by Crippen LogP contribution is 2.40. The van der Waals surface area contributed by atoms with Crippen molar-refractivity contribution in [3.05, 3.63) is 119 Å². The lowest BCUT2D eigenvalue weighted by molar-refractivity contribution is -0.111. The Morgan fingerprint density at radius 3 is 2.04 bits per heavy atom. The average molecular weight is 365 g/mol. The van der Waals surface area contributed by atoms with Crippen molar-refractivity contribution in [2.24, 2.45) is 0 Å². The molecule has 138 valence electrons. The van der Waals surface area contributed by atoms with Gasteiger partial charge in [0.25, 0.3) is 0 Å². The first-order valence-corrected chi connectivity index (χ1v) is 9.60. The van der Waals surface area contributed by atoms with Crippen LogP contribution in [0.25, 0.3) is 5.57 Å². The summed E-state index contributed by atoms with van der Waals surface area (Å²) in [6.07, 6.45) is 2.61. The predicted octanol–water partition coefficient (Wildman–Crippen LogP) is 6.21. The first-order valence-electron chi connectivity index (χ1n) is 9.60. The molecule has 0 spiro atoms. The van der Waals surface area contributed by atoms with Gasteiger partial charge in [-0.2, -0.15) is 0 Å². The van der Waals surface area contributed by atoms with Crippen LogP contribution in [0.1, 0.15) is 30.4 Å². The van der Waals surface area contributed by atoms with Crippen LogP contribution in [-0.4, -0.2) is 5.78 Å². The van der Waals surface area contributed by atoms with Crippen LogP contribution in [-0.2, 0) is 4.79 Å². The number of hydrogen-bond donors (Lipinski definition) is 1. The molecule has 1 unspecified atom stereocenters. The van der Waals surface area contributed by atoms with E-state index >= 15 is 0 Å². The van der Waals surface area contributed by atoms with Crippen molar-refractivity contribution in [3.8, 4) is 0 Å². The zero-order valence-corrected chi connectivity index (χ0v) is 15.9. The molecule has 0 aromatic heterocycles. The van der Waals surface area contributed by atoms with Gasteiger partial charge in [-0.15, -0.1) is 0 Å². The van der Waals surface area contributed by atoms with Crippen molar-refractivity contribution in [3.63, 3.8) is 0 Å². The summed E-state index contributed by atoms with van der Waals surface area (Å²) in [5, 5.41) is 3.43. The van der Waals surface area contributed by atoms with Crippen molar-refractivity contribution >= 4 is 17.0 Å². The van der Waals surface area contributed by atoms with Gasteiger partial charge in [0.15, 0.2) is 5.78 Å². The van der Waals surface area contributed by atoms with E-state index in [4.69, 9.17) is 0 Å². The van der Waals surface area contributed by atoms with Crippen LogP contribution in [0.2, 0.25) is 0 Å². The maximum Gasteiger partial charge on any atom is 0.184 e. The molecule has 1 aliphatic rings. The van der Waals surface area contributed by atoms with Gasteiger partial charge < -0.3 is 5.32 Å². The summed E-state index contributed by atoms with van der Waals surface area (Å²) in [6.45, 7) is 2.00. The molecule has 0 bridgehead atoms. The van der Waals surface area contributed by atoms with Crippen molar-refractivity contribution < 1.29 is 4.79 Å². The van der Waals surface area contributed by atoms with Crippen LogP contribution in [0.3, 0.4) is 0 Å². The standard InChI is InChI=1S/C26H23NO/c1-19(27-23-15-9-4-10-16-23)26-24(21-13-7-3-8-14-21)17-22(18-25(26)28)20-11-5-2-6-12-20/h2-16,18,24,27H,17H2,1H3. The Morgan fingerprint density at radius 2 is 1.39 bits per heavy atom. The van der Waals surface area contributed by atoms with Crippen LogP contribution in [0.5, 0.6) is 0 Å². The van der Waals surface area contributed by atoms with Gasteiger partial charge in [-0.25, -0.2) is 0 Å². The number of allylic oxidation sites excluding steroid dienone is 4. The number of carbonyl (C=O) groups is 1. The third-order valence-electron chi connectivity index (χ3n) is 5.20. The minimum absolute atomic E-state index is 0.0325. The van der Waals surface area contributed by atoms with E-state index in [1.165, 1.54) is 5.56 Å². The summed E-state index contributed by atoms with van der Waals surface area (Å²) in [5.41, 5.74) is 6.12. The molecule has 0 saturated carbocycles. The first-order chi connectivity index (χ1) is 13.7. The van der Waals surface area contributed by atoms with E-state index in [0.717, 1.165) is 34.5 Å². The van der Waals surface area contributed by atoms with Gasteiger partial charge in [-0.3, -0.25) is 4.79 Å². The molecule has 4 rings (SSSR count). The molecule has 1 N–H and O–H groups in total. The Labute approximate surface area is 166 Å². The minimum Gasteiger partial charge on any atom is -0.359 e. The van der Waals surface area contributed by atoms with Crippen LogP contribution in [0, 0.1) is 0 Å². The van der Waals surface area contributed by atoms with Crippen LogP contribution in [0.4, 0.5) is 5.69 Å². The van der Waals surface area contributed by atoms with Crippen molar-refractivity contribution in [2.45, 2.75) is 19.3 Å². The third kappa shape index (κ3) is 3.81. The SMILES string of the molecule is CC(Nc1ccccc1)=C1C(=O)C=C(c2ccccc2)CC1c1ccccc1. The monoisotopic (exact) mass is 365 g/mol. The lowest BCUT2D eigenvalue weighted by Crippen LogP contribution is -2.20. The summed E-state index contributed by atoms with van der Waals surface area (Å²) in [5.74, 6) is 0.116. The van der Waals surface area contributed by atoms with Crippen molar-refractivity contribution in [1.29, 1.82) is 0 Å². The average Bonchev–Trinajstić information content (AvgIpc) is 2.75. The molecular weight excluding hydrogens is 342 g/mol. The lowest BCUT2D eigenvalue weighted by Gasteiger charge is -2.28.